The molecule has 2 aromatic rings. The van der Waals surface area contributed by atoms with Gasteiger partial charge in [-0.15, -0.1) is 0 Å². The second-order valence-electron chi connectivity index (χ2n) is 24.6. The summed E-state index contributed by atoms with van der Waals surface area (Å²) < 4.78 is 108. The van der Waals surface area contributed by atoms with Crippen molar-refractivity contribution in [3.8, 4) is 0 Å². The number of rotatable bonds is 18. The van der Waals surface area contributed by atoms with Crippen LogP contribution in [0.5, 0.6) is 0 Å². The summed E-state index contributed by atoms with van der Waals surface area (Å²) in [5.74, 6) is 0.151. The molecule has 12 rings (SSSR count). The van der Waals surface area contributed by atoms with Gasteiger partial charge in [-0.25, -0.2) is 26.3 Å². The fraction of sp³-hybridized carbons (Fsp3) is 0.717. The van der Waals surface area contributed by atoms with Gasteiger partial charge in [0.25, 0.3) is 0 Å². The number of alkyl halides is 3. The molecule has 0 spiro atoms. The third-order valence-corrected chi connectivity index (χ3v) is 19.5. The zero-order valence-electron chi connectivity index (χ0n) is 45.1. The highest BCUT2D eigenvalue weighted by molar-refractivity contribution is 7.89. The monoisotopic (exact) mass is 1110 g/mol. The minimum absolute atomic E-state index is 0.0502. The van der Waals surface area contributed by atoms with Gasteiger partial charge in [0.1, 0.15) is 18.0 Å². The highest BCUT2D eigenvalue weighted by Gasteiger charge is 2.70. The molecule has 16 nitrogen and oxygen atoms in total. The fourth-order valence-electron chi connectivity index (χ4n) is 13.2. The Bertz CT molecular complexity index is 2600. The van der Waals surface area contributed by atoms with Gasteiger partial charge in [0, 0.05) is 18.7 Å². The van der Waals surface area contributed by atoms with Crippen molar-refractivity contribution in [2.75, 3.05) is 12.5 Å². The average Bonchev–Trinajstić information content (AvgIpc) is 4.25. The molecule has 0 radical (unpaired) electrons. The van der Waals surface area contributed by atoms with E-state index in [4.69, 9.17) is 33.6 Å². The number of aliphatic carboxylic acids is 2. The Morgan fingerprint density at radius 3 is 1.49 bits per heavy atom. The highest BCUT2D eigenvalue weighted by atomic mass is 32.2. The van der Waals surface area contributed by atoms with Crippen LogP contribution in [0, 0.1) is 46.3 Å². The molecule has 2 saturated heterocycles. The van der Waals surface area contributed by atoms with Gasteiger partial charge >= 0.3 is 26.4 Å². The summed E-state index contributed by atoms with van der Waals surface area (Å²) in [6.07, 6.45) is 9.95. The Morgan fingerprint density at radius 2 is 1.09 bits per heavy atom. The molecule has 422 valence electrons. The van der Waals surface area contributed by atoms with Crippen LogP contribution >= 0.6 is 0 Å². The maximum absolute atomic E-state index is 13.5. The molecule has 8 saturated carbocycles. The van der Waals surface area contributed by atoms with Crippen LogP contribution < -0.4 is 20.3 Å². The number of Topliss-reactive ketones (excluding diaryl/α,β-unsaturated/α-hetero) is 1. The van der Waals surface area contributed by atoms with E-state index in [1.165, 1.54) is 51.4 Å². The summed E-state index contributed by atoms with van der Waals surface area (Å²) in [5.41, 5.74) is 6.37. The Kier molecular flexibility index (Phi) is 18.2. The Balaban J connectivity index is 0.000000169. The van der Waals surface area contributed by atoms with Gasteiger partial charge in [-0.05, 0) is 129 Å². The second-order valence-corrected chi connectivity index (χ2v) is 28.2. The Labute approximate surface area is 447 Å². The van der Waals surface area contributed by atoms with Crippen LogP contribution in [0.4, 0.5) is 13.2 Å². The minimum atomic E-state index is -5.19. The second kappa shape index (κ2) is 23.0. The predicted octanol–water partition coefficient (Wildman–Crippen LogP) is 5.20. The first kappa shape index (κ1) is 60.2. The van der Waals surface area contributed by atoms with Crippen LogP contribution in [0.2, 0.25) is 5.82 Å². The van der Waals surface area contributed by atoms with Gasteiger partial charge in [-0.2, -0.15) is 13.2 Å². The third-order valence-electron chi connectivity index (χ3n) is 18.0. The van der Waals surface area contributed by atoms with Crippen LogP contribution in [0.15, 0.2) is 60.7 Å². The quantitative estimate of drug-likeness (QED) is 0.140. The van der Waals surface area contributed by atoms with Crippen LogP contribution in [0.1, 0.15) is 123 Å². The van der Waals surface area contributed by atoms with Gasteiger partial charge < -0.3 is 39.4 Å². The first-order chi connectivity index (χ1) is 35.2. The zero-order valence-corrected chi connectivity index (χ0v) is 46.7. The average molecular weight is 1110 g/mol. The molecule has 10 fully saturated rings. The summed E-state index contributed by atoms with van der Waals surface area (Å²) in [6.45, 7) is 14.0. The smallest absolute Gasteiger partial charge is 0.521 e. The van der Waals surface area contributed by atoms with Gasteiger partial charge in [-0.1, -0.05) is 101 Å². The van der Waals surface area contributed by atoms with Crippen LogP contribution in [0.25, 0.3) is 0 Å². The number of carboxylic acids is 2. The molecule has 2 aromatic carbocycles. The summed E-state index contributed by atoms with van der Waals surface area (Å²) >= 11 is 0. The standard InChI is InChI=1S/C26H38BNO5S.C15H26BNO2.C10H13NO4S.C2HF3O2/c1-25(2)19-14-23(25)26(3)24(15-19)32-27(33-26)20(12-18-10-11-18)16-22(29)21(28-34(4,30)31)13-17-8-6-5-7-9-17;1-14(2)10-7-11(14)15(3)12(8-10)18-16(19-15)13(17)6-9-4-5-9;1-16(14,15)11-9(10(12)13)7-8-5-3-2-4-6-8;3-2(4,5)1(6)7/h5-9,18-21,23-24,28H,10-16H2,1-4H3;9-13H,4-8,17H2,1-3H3;2-6,9,11H,7H2,1H3,(H,12,13);(H,6,7)/t19-,20+,21?,23-,24+,26-;10-,11-,12+,13-,15-;;/m00../s1. The lowest BCUT2D eigenvalue weighted by molar-refractivity contribution is -0.399. The molecule has 0 aromatic heterocycles. The Morgan fingerprint density at radius 1 is 0.697 bits per heavy atom. The molecule has 2 heterocycles. The van der Waals surface area contributed by atoms with Crippen molar-refractivity contribution in [1.82, 2.24) is 9.44 Å². The van der Waals surface area contributed by atoms with Gasteiger partial charge in [0.05, 0.1) is 42.0 Å². The Hall–Kier alpha value is -3.41. The van der Waals surface area contributed by atoms with Crippen LogP contribution in [0.3, 0.4) is 0 Å². The molecule has 0 amide bonds. The molecule has 10 aliphatic rings. The number of nitrogens with one attached hydrogen (secondary N) is 2. The normalized spacial score (nSPS) is 31.1. The summed E-state index contributed by atoms with van der Waals surface area (Å²) in [7, 11) is -7.50. The highest BCUT2D eigenvalue weighted by Crippen LogP contribution is 2.67. The first-order valence-electron chi connectivity index (χ1n) is 26.7. The molecule has 6 N–H and O–H groups in total. The SMILES string of the molecule is CC1(C)[C@@H]2C[C@H]3OB([C@@H](CC(=O)C(Cc4ccccc4)NS(C)(=O)=O)CC4CC4)O[C@@]3(C)[C@H]1C2.CC1(C)[C@@H]2C[C@H]3OB([C@@H]([NH3+])CC4CC4)O[C@@]3(C)[C@H]1C2.CS(=O)(=O)NC(Cc1ccccc1)C(=O)O.O=C([O-])C(F)(F)F. The molecule has 23 heteroatoms. The number of hydrogen-bond acceptors (Lipinski definition) is 12. The summed E-state index contributed by atoms with van der Waals surface area (Å²) in [4.78, 5) is 33.2. The predicted molar refractivity (Wildman–Crippen MR) is 277 cm³/mol. The zero-order chi connectivity index (χ0) is 56.0. The fourth-order valence-corrected chi connectivity index (χ4v) is 14.6. The van der Waals surface area contributed by atoms with E-state index in [1.54, 1.807) is 24.3 Å². The summed E-state index contributed by atoms with van der Waals surface area (Å²) in [6, 6.07) is 16.5. The third kappa shape index (κ3) is 14.7. The largest absolute Gasteiger partial charge is 0.542 e. The number of quaternary nitrogens is 1. The maximum Gasteiger partial charge on any atom is 0.521 e. The topological polar surface area (TPSA) is 251 Å². The first-order valence-corrected chi connectivity index (χ1v) is 30.5. The van der Waals surface area contributed by atoms with Crippen molar-refractivity contribution in [1.29, 1.82) is 0 Å². The molecule has 4 bridgehead atoms. The van der Waals surface area contributed by atoms with E-state index < -0.39 is 57.4 Å². The minimum Gasteiger partial charge on any atom is -0.542 e. The van der Waals surface area contributed by atoms with Crippen molar-refractivity contribution < 1.29 is 79.0 Å². The lowest BCUT2D eigenvalue weighted by atomic mass is 9.43. The lowest BCUT2D eigenvalue weighted by Gasteiger charge is -2.64. The number of carbonyl (C=O) groups excluding carboxylic acids is 2. The molecular weight excluding hydrogens is 1030 g/mol. The number of sulfonamides is 2. The van der Waals surface area contributed by atoms with Gasteiger partial charge in [0.2, 0.25) is 20.0 Å². The van der Waals surface area contributed by atoms with Crippen LogP contribution in [-0.2, 0) is 65.9 Å². The maximum atomic E-state index is 13.5. The van der Waals surface area contributed by atoms with Gasteiger partial charge in [0.15, 0.2) is 5.78 Å². The lowest BCUT2D eigenvalue weighted by Crippen LogP contribution is -2.69. The van der Waals surface area contributed by atoms with E-state index in [2.05, 4.69) is 56.7 Å². The van der Waals surface area contributed by atoms with Crippen molar-refractivity contribution in [2.24, 2.45) is 46.3 Å². The van der Waals surface area contributed by atoms with E-state index >= 15 is 0 Å². The van der Waals surface area contributed by atoms with Crippen LogP contribution in [-0.4, -0.2) is 114 Å². The molecule has 8 aliphatic carbocycles. The van der Waals surface area contributed by atoms with E-state index in [0.717, 1.165) is 48.3 Å². The number of carboxylic acid groups (broad SMARTS) is 2. The number of ketones is 1. The molecule has 2 unspecified atom stereocenters. The van der Waals surface area contributed by atoms with E-state index in [-0.39, 0.29) is 54.3 Å². The van der Waals surface area contributed by atoms with Gasteiger partial charge in [-0.3, -0.25) is 9.59 Å². The molecule has 76 heavy (non-hydrogen) atoms. The van der Waals surface area contributed by atoms with Crippen molar-refractivity contribution in [3.63, 3.8) is 0 Å². The molecule has 12 atom stereocenters. The van der Waals surface area contributed by atoms with E-state index in [1.807, 2.05) is 36.4 Å². The number of benzene rings is 2. The van der Waals surface area contributed by atoms with Crippen molar-refractivity contribution >= 4 is 52.0 Å². The number of hydrogen-bond donors (Lipinski definition) is 4. The van der Waals surface area contributed by atoms with E-state index in [0.29, 0.717) is 47.6 Å². The van der Waals surface area contributed by atoms with Crippen molar-refractivity contribution in [3.05, 3.63) is 71.8 Å². The number of carbonyl (C=O) groups is 3. The van der Waals surface area contributed by atoms with E-state index in [9.17, 15) is 39.6 Å². The summed E-state index contributed by atoms with van der Waals surface area (Å²) in [5, 5.41) is 17.7. The number of halogens is 3. The molecular formula is C53H78B2F3N3O13S2. The van der Waals surface area contributed by atoms with Crippen molar-refractivity contribution in [2.45, 2.75) is 178 Å². The molecule has 2 aliphatic heterocycles.